The molecule has 3 heteroatoms. The van der Waals surface area contributed by atoms with E-state index in [1.54, 1.807) is 6.92 Å². The largest absolute Gasteiger partial charge is 0.476 e. The summed E-state index contributed by atoms with van der Waals surface area (Å²) in [6, 6.07) is 16.0. The summed E-state index contributed by atoms with van der Waals surface area (Å²) < 4.78 is 11.4. The third kappa shape index (κ3) is 5.09. The summed E-state index contributed by atoms with van der Waals surface area (Å²) in [6.07, 6.45) is 0.456. The average Bonchev–Trinajstić information content (AvgIpc) is 2.57. The Morgan fingerprint density at radius 2 is 1.64 bits per heavy atom. The molecule has 0 N–H and O–H groups in total. The zero-order chi connectivity index (χ0) is 18.4. The predicted octanol–water partition coefficient (Wildman–Crippen LogP) is 5.06. The maximum atomic E-state index is 12.6. The Bertz CT molecular complexity index is 686. The number of hydrogen-bond acceptors (Lipinski definition) is 3. The fourth-order valence-electron chi connectivity index (χ4n) is 2.71. The second-order valence-corrected chi connectivity index (χ2v) is 6.94. The van der Waals surface area contributed by atoms with Gasteiger partial charge in [0.05, 0.1) is 6.61 Å². The summed E-state index contributed by atoms with van der Waals surface area (Å²) in [5.41, 5.74) is 2.40. The number of aryl methyl sites for hydroxylation is 1. The molecule has 1 atom stereocenters. The molecule has 134 valence electrons. The Morgan fingerprint density at radius 1 is 1.04 bits per heavy atom. The molecule has 0 aliphatic rings. The van der Waals surface area contributed by atoms with E-state index < -0.39 is 5.60 Å². The topological polar surface area (TPSA) is 35.5 Å². The third-order valence-electron chi connectivity index (χ3n) is 4.26. The first-order chi connectivity index (χ1) is 11.8. The standard InChI is InChI=1S/C22H28O3/c1-6-24-21(23)22(5,15-18-9-7-17(4)8-10-18)25-20-13-11-19(12-14-20)16(2)3/h7-14,16H,6,15H2,1-5H3. The molecule has 0 aliphatic carbocycles. The molecule has 0 spiro atoms. The van der Waals surface area contributed by atoms with E-state index in [2.05, 4.69) is 13.8 Å². The van der Waals surface area contributed by atoms with E-state index in [0.29, 0.717) is 24.7 Å². The van der Waals surface area contributed by atoms with Gasteiger partial charge in [0, 0.05) is 6.42 Å². The molecular formula is C22H28O3. The van der Waals surface area contributed by atoms with E-state index >= 15 is 0 Å². The van der Waals surface area contributed by atoms with Crippen molar-refractivity contribution in [2.75, 3.05) is 6.61 Å². The molecule has 0 aliphatic heterocycles. The van der Waals surface area contributed by atoms with Gasteiger partial charge in [-0.25, -0.2) is 4.79 Å². The molecule has 0 radical (unpaired) electrons. The Balaban J connectivity index is 2.24. The predicted molar refractivity (Wildman–Crippen MR) is 101 cm³/mol. The zero-order valence-electron chi connectivity index (χ0n) is 15.8. The van der Waals surface area contributed by atoms with Gasteiger partial charge in [0.1, 0.15) is 5.75 Å². The maximum absolute atomic E-state index is 12.6. The van der Waals surface area contributed by atoms with Gasteiger partial charge in [-0.15, -0.1) is 0 Å². The molecule has 2 rings (SSSR count). The summed E-state index contributed by atoms with van der Waals surface area (Å²) in [5, 5.41) is 0. The van der Waals surface area contributed by atoms with Crippen LogP contribution in [-0.2, 0) is 16.0 Å². The van der Waals surface area contributed by atoms with Crippen molar-refractivity contribution in [1.29, 1.82) is 0 Å². The number of carbonyl (C=O) groups excluding carboxylic acids is 1. The van der Waals surface area contributed by atoms with Crippen LogP contribution >= 0.6 is 0 Å². The molecule has 0 bridgehead atoms. The van der Waals surface area contributed by atoms with E-state index in [0.717, 1.165) is 5.56 Å². The van der Waals surface area contributed by atoms with E-state index in [9.17, 15) is 4.79 Å². The van der Waals surface area contributed by atoms with Crippen molar-refractivity contribution in [1.82, 2.24) is 0 Å². The Kier molecular flexibility index (Phi) is 6.24. The first kappa shape index (κ1) is 19.0. The van der Waals surface area contributed by atoms with Crippen LogP contribution in [0.1, 0.15) is 50.3 Å². The highest BCUT2D eigenvalue weighted by molar-refractivity contribution is 5.80. The van der Waals surface area contributed by atoms with Crippen LogP contribution < -0.4 is 4.74 Å². The average molecular weight is 340 g/mol. The highest BCUT2D eigenvalue weighted by Gasteiger charge is 2.37. The van der Waals surface area contributed by atoms with E-state index in [4.69, 9.17) is 9.47 Å². The van der Waals surface area contributed by atoms with Gasteiger partial charge in [-0.05, 0) is 49.9 Å². The molecule has 0 aromatic heterocycles. The third-order valence-corrected chi connectivity index (χ3v) is 4.26. The molecule has 0 fully saturated rings. The van der Waals surface area contributed by atoms with E-state index in [1.807, 2.05) is 62.4 Å². The van der Waals surface area contributed by atoms with Gasteiger partial charge >= 0.3 is 5.97 Å². The summed E-state index contributed by atoms with van der Waals surface area (Å²) in [6.45, 7) is 10.3. The molecule has 1 unspecified atom stereocenters. The lowest BCUT2D eigenvalue weighted by Crippen LogP contribution is -2.45. The van der Waals surface area contributed by atoms with Gasteiger partial charge < -0.3 is 9.47 Å². The molecule has 2 aromatic rings. The van der Waals surface area contributed by atoms with Gasteiger partial charge in [0.25, 0.3) is 0 Å². The Labute approximate surface area is 151 Å². The smallest absolute Gasteiger partial charge is 0.350 e. The summed E-state index contributed by atoms with van der Waals surface area (Å²) in [7, 11) is 0. The molecule has 0 saturated heterocycles. The van der Waals surface area contributed by atoms with Gasteiger partial charge in [0.15, 0.2) is 0 Å². The van der Waals surface area contributed by atoms with Gasteiger partial charge in [-0.3, -0.25) is 0 Å². The molecule has 0 amide bonds. The highest BCUT2D eigenvalue weighted by atomic mass is 16.6. The van der Waals surface area contributed by atoms with Crippen molar-refractivity contribution in [2.45, 2.75) is 52.6 Å². The number of esters is 1. The van der Waals surface area contributed by atoms with Gasteiger partial charge in [0.2, 0.25) is 5.60 Å². The van der Waals surface area contributed by atoms with Crippen LogP contribution in [0.2, 0.25) is 0 Å². The van der Waals surface area contributed by atoms with Crippen LogP contribution in [0.5, 0.6) is 5.75 Å². The van der Waals surface area contributed by atoms with Crippen molar-refractivity contribution in [3.05, 3.63) is 65.2 Å². The fourth-order valence-corrected chi connectivity index (χ4v) is 2.71. The first-order valence-corrected chi connectivity index (χ1v) is 8.86. The lowest BCUT2D eigenvalue weighted by atomic mass is 9.95. The quantitative estimate of drug-likeness (QED) is 0.661. The Morgan fingerprint density at radius 3 is 2.16 bits per heavy atom. The molecular weight excluding hydrogens is 312 g/mol. The Hall–Kier alpha value is -2.29. The van der Waals surface area contributed by atoms with Gasteiger partial charge in [-0.2, -0.15) is 0 Å². The van der Waals surface area contributed by atoms with Crippen molar-refractivity contribution in [2.24, 2.45) is 0 Å². The molecule has 0 saturated carbocycles. The van der Waals surface area contributed by atoms with E-state index in [-0.39, 0.29) is 5.97 Å². The monoisotopic (exact) mass is 340 g/mol. The van der Waals surface area contributed by atoms with Crippen LogP contribution in [0.25, 0.3) is 0 Å². The van der Waals surface area contributed by atoms with Crippen molar-refractivity contribution < 1.29 is 14.3 Å². The summed E-state index contributed by atoms with van der Waals surface area (Å²) in [5.74, 6) is 0.786. The van der Waals surface area contributed by atoms with Crippen molar-refractivity contribution in [3.8, 4) is 5.75 Å². The minimum atomic E-state index is -1.06. The van der Waals surface area contributed by atoms with Crippen LogP contribution in [0.4, 0.5) is 0 Å². The molecule has 2 aromatic carbocycles. The highest BCUT2D eigenvalue weighted by Crippen LogP contribution is 2.26. The second kappa shape index (κ2) is 8.19. The SMILES string of the molecule is CCOC(=O)C(C)(Cc1ccc(C)cc1)Oc1ccc(C(C)C)cc1. The minimum absolute atomic E-state index is 0.331. The van der Waals surface area contributed by atoms with E-state index in [1.165, 1.54) is 11.1 Å². The lowest BCUT2D eigenvalue weighted by molar-refractivity contribution is -0.160. The molecule has 25 heavy (non-hydrogen) atoms. The zero-order valence-corrected chi connectivity index (χ0v) is 15.8. The van der Waals surface area contributed by atoms with Gasteiger partial charge in [-0.1, -0.05) is 55.8 Å². The summed E-state index contributed by atoms with van der Waals surface area (Å²) in [4.78, 5) is 12.6. The fraction of sp³-hybridized carbons (Fsp3) is 0.409. The lowest BCUT2D eigenvalue weighted by Gasteiger charge is -2.29. The number of hydrogen-bond donors (Lipinski definition) is 0. The number of ether oxygens (including phenoxy) is 2. The number of rotatable bonds is 7. The maximum Gasteiger partial charge on any atom is 0.350 e. The van der Waals surface area contributed by atoms with Crippen LogP contribution in [0.15, 0.2) is 48.5 Å². The van der Waals surface area contributed by atoms with Crippen molar-refractivity contribution >= 4 is 5.97 Å². The molecule has 0 heterocycles. The van der Waals surface area contributed by atoms with Crippen LogP contribution in [-0.4, -0.2) is 18.2 Å². The summed E-state index contributed by atoms with van der Waals surface area (Å²) >= 11 is 0. The van der Waals surface area contributed by atoms with Crippen molar-refractivity contribution in [3.63, 3.8) is 0 Å². The number of carbonyl (C=O) groups is 1. The molecule has 3 nitrogen and oxygen atoms in total. The van der Waals surface area contributed by atoms with Crippen LogP contribution in [0.3, 0.4) is 0 Å². The minimum Gasteiger partial charge on any atom is -0.476 e. The van der Waals surface area contributed by atoms with Crippen LogP contribution in [0, 0.1) is 6.92 Å². The normalized spacial score (nSPS) is 13.4. The second-order valence-electron chi connectivity index (χ2n) is 6.94. The number of benzene rings is 2. The first-order valence-electron chi connectivity index (χ1n) is 8.86.